The van der Waals surface area contributed by atoms with Crippen LogP contribution in [0.5, 0.6) is 0 Å². The van der Waals surface area contributed by atoms with E-state index in [0.29, 0.717) is 6.42 Å². The molecule has 1 aromatic heterocycles. The van der Waals surface area contributed by atoms with E-state index in [1.165, 1.54) is 16.8 Å². The third kappa shape index (κ3) is 3.19. The third-order valence-electron chi connectivity index (χ3n) is 4.49. The predicted octanol–water partition coefficient (Wildman–Crippen LogP) is 2.98. The summed E-state index contributed by atoms with van der Waals surface area (Å²) in [6, 6.07) is 18.8. The van der Waals surface area contributed by atoms with Crippen LogP contribution in [0.4, 0.5) is 0 Å². The number of hydrogen-bond acceptors (Lipinski definition) is 2. The Kier molecular flexibility index (Phi) is 4.96. The number of benzene rings is 2. The molecule has 0 atom stereocenters. The molecule has 0 saturated carbocycles. The Balaban J connectivity index is 2.01. The van der Waals surface area contributed by atoms with Gasteiger partial charge in [0.2, 0.25) is 5.91 Å². The van der Waals surface area contributed by atoms with Gasteiger partial charge in [-0.15, -0.1) is 0 Å². The van der Waals surface area contributed by atoms with Crippen molar-refractivity contribution in [3.63, 3.8) is 0 Å². The maximum atomic E-state index is 11.8. The first kappa shape index (κ1) is 16.3. The highest BCUT2D eigenvalue weighted by Crippen LogP contribution is 2.27. The largest absolute Gasteiger partial charge is 0.344 e. The monoisotopic (exact) mass is 321 g/mol. The first-order valence-electron chi connectivity index (χ1n) is 8.37. The minimum atomic E-state index is -0.157. The van der Waals surface area contributed by atoms with Crippen molar-refractivity contribution < 1.29 is 4.79 Å². The van der Waals surface area contributed by atoms with E-state index < -0.39 is 0 Å². The number of aryl methyl sites for hydroxylation is 2. The summed E-state index contributed by atoms with van der Waals surface area (Å²) in [7, 11) is 0. The molecular formula is C20H23N3O. The number of nitrogens with two attached hydrogens (primary N) is 1. The number of hydrazine groups is 1. The Morgan fingerprint density at radius 2 is 1.79 bits per heavy atom. The summed E-state index contributed by atoms with van der Waals surface area (Å²) in [5, 5.41) is 1.14. The summed E-state index contributed by atoms with van der Waals surface area (Å²) in [6.45, 7) is 3.04. The Morgan fingerprint density at radius 3 is 2.50 bits per heavy atom. The molecule has 3 rings (SSSR count). The van der Waals surface area contributed by atoms with Crippen molar-refractivity contribution in [1.29, 1.82) is 0 Å². The minimum Gasteiger partial charge on any atom is -0.344 e. The molecule has 4 heteroatoms. The lowest BCUT2D eigenvalue weighted by molar-refractivity contribution is -0.120. The fourth-order valence-corrected chi connectivity index (χ4v) is 3.38. The molecule has 0 fully saturated rings. The van der Waals surface area contributed by atoms with Crippen molar-refractivity contribution in [1.82, 2.24) is 9.99 Å². The summed E-state index contributed by atoms with van der Waals surface area (Å²) in [4.78, 5) is 11.8. The first-order chi connectivity index (χ1) is 11.7. The average molecular weight is 321 g/mol. The number of hydrogen-bond donors (Lipinski definition) is 2. The van der Waals surface area contributed by atoms with Crippen molar-refractivity contribution in [3.8, 4) is 0 Å². The zero-order chi connectivity index (χ0) is 16.9. The van der Waals surface area contributed by atoms with E-state index in [1.807, 2.05) is 18.2 Å². The number of carbonyl (C=O) groups excluding carboxylic acids is 1. The molecule has 2 aromatic carbocycles. The second-order valence-electron chi connectivity index (χ2n) is 5.93. The van der Waals surface area contributed by atoms with Crippen molar-refractivity contribution >= 4 is 16.8 Å². The lowest BCUT2D eigenvalue weighted by Crippen LogP contribution is -2.31. The van der Waals surface area contributed by atoms with Crippen LogP contribution in [-0.2, 0) is 30.6 Å². The fraction of sp³-hybridized carbons (Fsp3) is 0.250. The van der Waals surface area contributed by atoms with Gasteiger partial charge in [0, 0.05) is 23.1 Å². The molecule has 0 radical (unpaired) electrons. The molecule has 24 heavy (non-hydrogen) atoms. The van der Waals surface area contributed by atoms with E-state index >= 15 is 0 Å². The van der Waals surface area contributed by atoms with Crippen LogP contribution in [0.25, 0.3) is 10.9 Å². The Bertz CT molecular complexity index is 837. The molecule has 4 nitrogen and oxygen atoms in total. The standard InChI is InChI=1S/C20H23N3O/c1-2-18-17(14-20(24)22-21)16-10-6-7-11-19(16)23(18)13-12-15-8-4-3-5-9-15/h3-11H,2,12-14,21H2,1H3,(H,22,24). The summed E-state index contributed by atoms with van der Waals surface area (Å²) < 4.78 is 2.35. The normalized spacial score (nSPS) is 10.9. The van der Waals surface area contributed by atoms with Crippen LogP contribution in [0.1, 0.15) is 23.7 Å². The predicted molar refractivity (Wildman–Crippen MR) is 97.5 cm³/mol. The van der Waals surface area contributed by atoms with Gasteiger partial charge in [-0.25, -0.2) is 5.84 Å². The Hall–Kier alpha value is -2.59. The Labute approximate surface area is 142 Å². The third-order valence-corrected chi connectivity index (χ3v) is 4.49. The van der Waals surface area contributed by atoms with E-state index in [2.05, 4.69) is 53.3 Å². The van der Waals surface area contributed by atoms with Gasteiger partial charge in [-0.3, -0.25) is 10.2 Å². The van der Waals surface area contributed by atoms with Crippen molar-refractivity contribution in [2.75, 3.05) is 0 Å². The number of carbonyl (C=O) groups is 1. The zero-order valence-electron chi connectivity index (χ0n) is 14.0. The van der Waals surface area contributed by atoms with Gasteiger partial charge in [0.1, 0.15) is 0 Å². The van der Waals surface area contributed by atoms with Crippen LogP contribution < -0.4 is 11.3 Å². The molecule has 124 valence electrons. The second-order valence-corrected chi connectivity index (χ2v) is 5.93. The number of amides is 1. The van der Waals surface area contributed by atoms with Crippen LogP contribution in [0.3, 0.4) is 0 Å². The molecule has 0 unspecified atom stereocenters. The highest BCUT2D eigenvalue weighted by atomic mass is 16.2. The molecule has 3 aromatic rings. The van der Waals surface area contributed by atoms with Crippen LogP contribution in [0.15, 0.2) is 54.6 Å². The van der Waals surface area contributed by atoms with Crippen LogP contribution >= 0.6 is 0 Å². The quantitative estimate of drug-likeness (QED) is 0.416. The highest BCUT2D eigenvalue weighted by Gasteiger charge is 2.17. The first-order valence-corrected chi connectivity index (χ1v) is 8.37. The SMILES string of the molecule is CCc1c(CC(=O)NN)c2ccccc2n1CCc1ccccc1. The molecule has 0 spiro atoms. The fourth-order valence-electron chi connectivity index (χ4n) is 3.38. The summed E-state index contributed by atoms with van der Waals surface area (Å²) in [5.74, 6) is 5.13. The molecule has 0 aliphatic heterocycles. The second kappa shape index (κ2) is 7.32. The van der Waals surface area contributed by atoms with Crippen LogP contribution in [0.2, 0.25) is 0 Å². The van der Waals surface area contributed by atoms with Gasteiger partial charge >= 0.3 is 0 Å². The zero-order valence-corrected chi connectivity index (χ0v) is 14.0. The number of rotatable bonds is 6. The maximum Gasteiger partial charge on any atom is 0.238 e. The summed E-state index contributed by atoms with van der Waals surface area (Å²) in [6.07, 6.45) is 2.17. The lowest BCUT2D eigenvalue weighted by atomic mass is 10.1. The van der Waals surface area contributed by atoms with Crippen molar-refractivity contribution in [3.05, 3.63) is 71.4 Å². The van der Waals surface area contributed by atoms with Gasteiger partial charge in [0.05, 0.1) is 6.42 Å². The molecule has 0 aliphatic carbocycles. The lowest BCUT2D eigenvalue weighted by Gasteiger charge is -2.11. The summed E-state index contributed by atoms with van der Waals surface area (Å²) >= 11 is 0. The number of fused-ring (bicyclic) bond motifs is 1. The van der Waals surface area contributed by atoms with E-state index in [0.717, 1.165) is 30.3 Å². The van der Waals surface area contributed by atoms with Crippen molar-refractivity contribution in [2.45, 2.75) is 32.7 Å². The van der Waals surface area contributed by atoms with Gasteiger partial charge in [-0.1, -0.05) is 55.5 Å². The molecule has 3 N–H and O–H groups in total. The molecule has 0 bridgehead atoms. The topological polar surface area (TPSA) is 60.1 Å². The molecule has 1 heterocycles. The van der Waals surface area contributed by atoms with E-state index in [1.54, 1.807) is 0 Å². The highest BCUT2D eigenvalue weighted by molar-refractivity contribution is 5.90. The average Bonchev–Trinajstić information content (AvgIpc) is 2.93. The van der Waals surface area contributed by atoms with Crippen LogP contribution in [-0.4, -0.2) is 10.5 Å². The smallest absolute Gasteiger partial charge is 0.238 e. The molecule has 0 aliphatic rings. The van der Waals surface area contributed by atoms with Gasteiger partial charge in [0.25, 0.3) is 0 Å². The van der Waals surface area contributed by atoms with Gasteiger partial charge in [-0.2, -0.15) is 0 Å². The van der Waals surface area contributed by atoms with E-state index in [4.69, 9.17) is 5.84 Å². The number of para-hydroxylation sites is 1. The molecular weight excluding hydrogens is 298 g/mol. The minimum absolute atomic E-state index is 0.157. The maximum absolute atomic E-state index is 11.8. The van der Waals surface area contributed by atoms with Crippen molar-refractivity contribution in [2.24, 2.45) is 5.84 Å². The van der Waals surface area contributed by atoms with Gasteiger partial charge < -0.3 is 4.57 Å². The molecule has 0 saturated heterocycles. The van der Waals surface area contributed by atoms with Crippen LogP contribution in [0, 0.1) is 0 Å². The van der Waals surface area contributed by atoms with Gasteiger partial charge in [0.15, 0.2) is 0 Å². The van der Waals surface area contributed by atoms with Gasteiger partial charge in [-0.05, 0) is 30.0 Å². The number of nitrogens with one attached hydrogen (secondary N) is 1. The summed E-state index contributed by atoms with van der Waals surface area (Å²) in [5.41, 5.74) is 7.06. The Morgan fingerprint density at radius 1 is 1.08 bits per heavy atom. The van der Waals surface area contributed by atoms with E-state index in [9.17, 15) is 4.79 Å². The molecule has 1 amide bonds. The number of aromatic nitrogens is 1. The van der Waals surface area contributed by atoms with E-state index in [-0.39, 0.29) is 5.91 Å². The number of nitrogens with zero attached hydrogens (tertiary/aromatic N) is 1.